The van der Waals surface area contributed by atoms with Crippen LogP contribution in [0.4, 0.5) is 5.69 Å². The highest BCUT2D eigenvalue weighted by atomic mass is 35.5. The van der Waals surface area contributed by atoms with E-state index in [0.717, 1.165) is 21.8 Å². The Balaban J connectivity index is 1.85. The van der Waals surface area contributed by atoms with Crippen molar-refractivity contribution >= 4 is 23.2 Å². The summed E-state index contributed by atoms with van der Waals surface area (Å²) in [4.78, 5) is 14.3. The first-order valence-corrected chi connectivity index (χ1v) is 8.29. The van der Waals surface area contributed by atoms with Gasteiger partial charge in [-0.25, -0.2) is 0 Å². The summed E-state index contributed by atoms with van der Waals surface area (Å²) in [6.45, 7) is 6.01. The molecule has 0 aliphatic heterocycles. The highest BCUT2D eigenvalue weighted by Crippen LogP contribution is 2.19. The Kier molecular flexibility index (Phi) is 6.48. The predicted octanol–water partition coefficient (Wildman–Crippen LogP) is 4.50. The lowest BCUT2D eigenvalue weighted by Crippen LogP contribution is -2.31. The summed E-state index contributed by atoms with van der Waals surface area (Å²) in [6, 6.07) is 15.8. The fourth-order valence-electron chi connectivity index (χ4n) is 2.47. The molecule has 0 fully saturated rings. The second kappa shape index (κ2) is 8.59. The van der Waals surface area contributed by atoms with Crippen molar-refractivity contribution in [2.45, 2.75) is 26.8 Å². The molecule has 3 nitrogen and oxygen atoms in total. The summed E-state index contributed by atoms with van der Waals surface area (Å²) in [5.74, 6) is 0.162. The molecular weight excluding hydrogens is 308 g/mol. The predicted molar refractivity (Wildman–Crippen MR) is 96.8 cm³/mol. The van der Waals surface area contributed by atoms with Gasteiger partial charge in [-0.05, 0) is 43.2 Å². The Bertz CT molecular complexity index is 643. The van der Waals surface area contributed by atoms with E-state index in [1.165, 1.54) is 0 Å². The molecule has 0 radical (unpaired) electrons. The molecule has 1 N–H and O–H groups in total. The Morgan fingerprint density at radius 1 is 1.17 bits per heavy atom. The molecule has 0 saturated heterocycles. The molecule has 0 saturated carbocycles. The van der Waals surface area contributed by atoms with Gasteiger partial charge in [0.2, 0.25) is 5.91 Å². The van der Waals surface area contributed by atoms with Crippen molar-refractivity contribution in [2.75, 3.05) is 18.4 Å². The van der Waals surface area contributed by atoms with Gasteiger partial charge in [-0.3, -0.25) is 4.79 Å². The first-order valence-electron chi connectivity index (χ1n) is 7.92. The lowest BCUT2D eigenvalue weighted by Gasteiger charge is -2.21. The number of halogens is 1. The fraction of sp³-hybridized carbons (Fsp3) is 0.316. The molecule has 0 bridgehead atoms. The van der Waals surface area contributed by atoms with E-state index >= 15 is 0 Å². The minimum absolute atomic E-state index is 0.162. The number of hydrogen-bond donors (Lipinski definition) is 1. The molecule has 122 valence electrons. The Morgan fingerprint density at radius 2 is 1.91 bits per heavy atom. The van der Waals surface area contributed by atoms with Gasteiger partial charge in [0.1, 0.15) is 0 Å². The zero-order chi connectivity index (χ0) is 16.7. The number of rotatable bonds is 7. The van der Waals surface area contributed by atoms with Crippen molar-refractivity contribution in [3.05, 3.63) is 64.7 Å². The minimum Gasteiger partial charge on any atom is -0.384 e. The van der Waals surface area contributed by atoms with Crippen molar-refractivity contribution in [2.24, 2.45) is 0 Å². The smallest absolute Gasteiger partial charge is 0.224 e. The fourth-order valence-corrected chi connectivity index (χ4v) is 2.69. The van der Waals surface area contributed by atoms with E-state index in [1.54, 1.807) is 0 Å². The van der Waals surface area contributed by atoms with Crippen molar-refractivity contribution < 1.29 is 4.79 Å². The summed E-state index contributed by atoms with van der Waals surface area (Å²) < 4.78 is 0. The van der Waals surface area contributed by atoms with E-state index in [9.17, 15) is 4.79 Å². The van der Waals surface area contributed by atoms with E-state index < -0.39 is 0 Å². The molecular formula is C19H23ClN2O. The molecule has 23 heavy (non-hydrogen) atoms. The zero-order valence-electron chi connectivity index (χ0n) is 13.7. The average Bonchev–Trinajstić information content (AvgIpc) is 2.55. The van der Waals surface area contributed by atoms with Crippen LogP contribution in [0, 0.1) is 6.92 Å². The van der Waals surface area contributed by atoms with Crippen LogP contribution in [0.25, 0.3) is 0 Å². The molecule has 0 unspecified atom stereocenters. The van der Waals surface area contributed by atoms with E-state index in [4.69, 9.17) is 11.6 Å². The SMILES string of the molecule is CCN(Cc1ccccc1)C(=O)CCNc1ccc(Cl)cc1C. The van der Waals surface area contributed by atoms with E-state index in [0.29, 0.717) is 26.1 Å². The largest absolute Gasteiger partial charge is 0.384 e. The van der Waals surface area contributed by atoms with E-state index in [-0.39, 0.29) is 5.91 Å². The summed E-state index contributed by atoms with van der Waals surface area (Å²) >= 11 is 5.95. The first kappa shape index (κ1) is 17.4. The van der Waals surface area contributed by atoms with Crippen LogP contribution >= 0.6 is 11.6 Å². The molecule has 0 atom stereocenters. The van der Waals surface area contributed by atoms with Crippen LogP contribution in [0.15, 0.2) is 48.5 Å². The second-order valence-corrected chi connectivity index (χ2v) is 5.97. The van der Waals surface area contributed by atoms with Crippen LogP contribution in [0.1, 0.15) is 24.5 Å². The van der Waals surface area contributed by atoms with Gasteiger partial charge < -0.3 is 10.2 Å². The Hall–Kier alpha value is -2.00. The van der Waals surface area contributed by atoms with Gasteiger partial charge in [-0.15, -0.1) is 0 Å². The molecule has 0 spiro atoms. The van der Waals surface area contributed by atoms with Crippen LogP contribution in [0.2, 0.25) is 5.02 Å². The van der Waals surface area contributed by atoms with E-state index in [2.05, 4.69) is 5.32 Å². The van der Waals surface area contributed by atoms with Gasteiger partial charge >= 0.3 is 0 Å². The number of nitrogens with one attached hydrogen (secondary N) is 1. The van der Waals surface area contributed by atoms with Crippen molar-refractivity contribution in [1.82, 2.24) is 4.90 Å². The van der Waals surface area contributed by atoms with Gasteiger partial charge in [0.25, 0.3) is 0 Å². The third-order valence-corrected chi connectivity index (χ3v) is 4.03. The molecule has 2 aromatic carbocycles. The zero-order valence-corrected chi connectivity index (χ0v) is 14.4. The monoisotopic (exact) mass is 330 g/mol. The quantitative estimate of drug-likeness (QED) is 0.810. The maximum atomic E-state index is 12.4. The summed E-state index contributed by atoms with van der Waals surface area (Å²) in [6.07, 6.45) is 0.475. The Morgan fingerprint density at radius 3 is 2.57 bits per heavy atom. The van der Waals surface area contributed by atoms with Crippen molar-refractivity contribution in [3.63, 3.8) is 0 Å². The minimum atomic E-state index is 0.162. The van der Waals surface area contributed by atoms with Gasteiger partial charge in [0.05, 0.1) is 0 Å². The third-order valence-electron chi connectivity index (χ3n) is 3.79. The van der Waals surface area contributed by atoms with Crippen molar-refractivity contribution in [1.29, 1.82) is 0 Å². The highest BCUT2D eigenvalue weighted by molar-refractivity contribution is 6.30. The van der Waals surface area contributed by atoms with Gasteiger partial charge in [0, 0.05) is 36.8 Å². The molecule has 2 rings (SSSR count). The van der Waals surface area contributed by atoms with Gasteiger partial charge in [-0.2, -0.15) is 0 Å². The third kappa shape index (κ3) is 5.29. The van der Waals surface area contributed by atoms with Gasteiger partial charge in [0.15, 0.2) is 0 Å². The molecule has 4 heteroatoms. The lowest BCUT2D eigenvalue weighted by molar-refractivity contribution is -0.131. The van der Waals surface area contributed by atoms with Crippen LogP contribution < -0.4 is 5.32 Å². The maximum Gasteiger partial charge on any atom is 0.224 e. The van der Waals surface area contributed by atoms with Crippen molar-refractivity contribution in [3.8, 4) is 0 Å². The normalized spacial score (nSPS) is 10.4. The maximum absolute atomic E-state index is 12.4. The summed E-state index contributed by atoms with van der Waals surface area (Å²) in [5, 5.41) is 4.03. The number of aryl methyl sites for hydroxylation is 1. The molecule has 1 amide bonds. The van der Waals surface area contributed by atoms with Gasteiger partial charge in [-0.1, -0.05) is 41.9 Å². The number of nitrogens with zero attached hydrogens (tertiary/aromatic N) is 1. The number of carbonyl (C=O) groups is 1. The molecule has 0 aliphatic rings. The summed E-state index contributed by atoms with van der Waals surface area (Å²) in [7, 11) is 0. The first-order chi connectivity index (χ1) is 11.1. The number of amides is 1. The van der Waals surface area contributed by atoms with E-state index in [1.807, 2.05) is 67.3 Å². The molecule has 0 heterocycles. The van der Waals surface area contributed by atoms with Crippen LogP contribution in [-0.4, -0.2) is 23.9 Å². The van der Waals surface area contributed by atoms with Crippen LogP contribution in [0.3, 0.4) is 0 Å². The standard InChI is InChI=1S/C19H23ClN2O/c1-3-22(14-16-7-5-4-6-8-16)19(23)11-12-21-18-10-9-17(20)13-15(18)2/h4-10,13,21H,3,11-12,14H2,1-2H3. The second-order valence-electron chi connectivity index (χ2n) is 5.53. The highest BCUT2D eigenvalue weighted by Gasteiger charge is 2.11. The Labute approximate surface area is 143 Å². The number of anilines is 1. The van der Waals surface area contributed by atoms with Crippen LogP contribution in [-0.2, 0) is 11.3 Å². The number of carbonyl (C=O) groups excluding carboxylic acids is 1. The topological polar surface area (TPSA) is 32.3 Å². The summed E-state index contributed by atoms with van der Waals surface area (Å²) in [5.41, 5.74) is 3.26. The lowest BCUT2D eigenvalue weighted by atomic mass is 10.2. The number of benzene rings is 2. The number of hydrogen-bond acceptors (Lipinski definition) is 2. The van der Waals surface area contributed by atoms with Crippen LogP contribution in [0.5, 0.6) is 0 Å². The molecule has 0 aromatic heterocycles. The molecule has 0 aliphatic carbocycles. The average molecular weight is 331 g/mol. The molecule has 2 aromatic rings.